The zero-order valence-electron chi connectivity index (χ0n) is 15.8. The predicted molar refractivity (Wildman–Crippen MR) is 109 cm³/mol. The molecule has 142 valence electrons. The topological polar surface area (TPSA) is 52.6 Å². The summed E-state index contributed by atoms with van der Waals surface area (Å²) in [7, 11) is 0. The molecule has 0 saturated carbocycles. The molecule has 0 unspecified atom stereocenters. The lowest BCUT2D eigenvalue weighted by atomic mass is 10.1. The van der Waals surface area contributed by atoms with E-state index in [4.69, 9.17) is 9.47 Å². The van der Waals surface area contributed by atoms with Crippen molar-refractivity contribution in [1.29, 1.82) is 0 Å². The third-order valence-corrected chi connectivity index (χ3v) is 5.81. The molecule has 0 aromatic heterocycles. The van der Waals surface area contributed by atoms with Gasteiger partial charge < -0.3 is 9.47 Å². The Morgan fingerprint density at radius 3 is 1.92 bits per heavy atom. The molecule has 0 bridgehead atoms. The lowest BCUT2D eigenvalue weighted by Crippen LogP contribution is -2.08. The molecule has 0 radical (unpaired) electrons. The van der Waals surface area contributed by atoms with Crippen molar-refractivity contribution >= 4 is 35.5 Å². The second-order valence-electron chi connectivity index (χ2n) is 5.86. The SMILES string of the molecule is C=C(C)C(=O)OCCSc1ccc(C)c(C)c1SCCOC(=O)C(=C)C. The molecular weight excluding hydrogens is 368 g/mol. The molecule has 0 aliphatic heterocycles. The van der Waals surface area contributed by atoms with E-state index in [1.165, 1.54) is 16.0 Å². The van der Waals surface area contributed by atoms with E-state index in [0.29, 0.717) is 35.9 Å². The minimum atomic E-state index is -0.361. The van der Waals surface area contributed by atoms with Gasteiger partial charge >= 0.3 is 11.9 Å². The number of carbonyl (C=O) groups excluding carboxylic acids is 2. The van der Waals surface area contributed by atoms with Crippen molar-refractivity contribution in [2.75, 3.05) is 24.7 Å². The van der Waals surface area contributed by atoms with E-state index in [1.807, 2.05) is 0 Å². The molecule has 0 heterocycles. The van der Waals surface area contributed by atoms with Gasteiger partial charge in [0.25, 0.3) is 0 Å². The fourth-order valence-electron chi connectivity index (χ4n) is 1.87. The second-order valence-corrected chi connectivity index (χ2v) is 8.11. The maximum atomic E-state index is 11.4. The fourth-order valence-corrected chi connectivity index (χ4v) is 4.02. The van der Waals surface area contributed by atoms with Crippen LogP contribution in [0.5, 0.6) is 0 Å². The Balaban J connectivity index is 2.62. The molecule has 0 N–H and O–H groups in total. The highest BCUT2D eigenvalue weighted by Crippen LogP contribution is 2.35. The molecule has 0 spiro atoms. The third kappa shape index (κ3) is 7.30. The van der Waals surface area contributed by atoms with Crippen LogP contribution in [-0.2, 0) is 19.1 Å². The zero-order chi connectivity index (χ0) is 19.7. The molecule has 0 saturated heterocycles. The Kier molecular flexibility index (Phi) is 9.59. The predicted octanol–water partition coefficient (Wildman–Crippen LogP) is 4.73. The Bertz CT molecular complexity index is 695. The largest absolute Gasteiger partial charge is 0.461 e. The zero-order valence-corrected chi connectivity index (χ0v) is 17.5. The standard InChI is InChI=1S/C20H26O4S2/c1-13(2)19(21)23-9-11-25-17-8-7-15(5)16(6)18(17)26-12-10-24-20(22)14(3)4/h7-8H,1,3,9-12H2,2,4-6H3. The van der Waals surface area contributed by atoms with Crippen LogP contribution in [0.25, 0.3) is 0 Å². The van der Waals surface area contributed by atoms with E-state index in [2.05, 4.69) is 39.1 Å². The van der Waals surface area contributed by atoms with Crippen LogP contribution in [0.1, 0.15) is 25.0 Å². The highest BCUT2D eigenvalue weighted by Gasteiger charge is 2.11. The Hall–Kier alpha value is -1.66. The van der Waals surface area contributed by atoms with Gasteiger partial charge in [0, 0.05) is 32.4 Å². The van der Waals surface area contributed by atoms with Gasteiger partial charge in [-0.25, -0.2) is 9.59 Å². The first-order valence-electron chi connectivity index (χ1n) is 8.25. The average Bonchev–Trinajstić information content (AvgIpc) is 2.59. The van der Waals surface area contributed by atoms with Crippen LogP contribution in [0.2, 0.25) is 0 Å². The maximum Gasteiger partial charge on any atom is 0.333 e. The Labute approximate surface area is 164 Å². The van der Waals surface area contributed by atoms with Crippen molar-refractivity contribution in [2.24, 2.45) is 0 Å². The molecule has 4 nitrogen and oxygen atoms in total. The molecule has 0 aliphatic rings. The van der Waals surface area contributed by atoms with Crippen molar-refractivity contribution in [3.63, 3.8) is 0 Å². The third-order valence-electron chi connectivity index (χ3n) is 3.47. The first-order valence-corrected chi connectivity index (χ1v) is 10.2. The van der Waals surface area contributed by atoms with E-state index in [9.17, 15) is 9.59 Å². The molecule has 1 rings (SSSR count). The summed E-state index contributed by atoms with van der Waals surface area (Å²) in [6.07, 6.45) is 0. The molecule has 1 aromatic rings. The number of hydrogen-bond donors (Lipinski definition) is 0. The Morgan fingerprint density at radius 1 is 0.923 bits per heavy atom. The Morgan fingerprint density at radius 2 is 1.42 bits per heavy atom. The summed E-state index contributed by atoms with van der Waals surface area (Å²) in [4.78, 5) is 25.2. The number of hydrogen-bond acceptors (Lipinski definition) is 6. The summed E-state index contributed by atoms with van der Waals surface area (Å²) in [5, 5.41) is 0. The molecule has 0 aliphatic carbocycles. The van der Waals surface area contributed by atoms with Gasteiger partial charge in [0.1, 0.15) is 13.2 Å². The number of thioether (sulfide) groups is 2. The number of benzene rings is 1. The summed E-state index contributed by atoms with van der Waals surface area (Å²) in [5.41, 5.74) is 3.23. The van der Waals surface area contributed by atoms with Gasteiger partial charge in [-0.1, -0.05) is 19.2 Å². The lowest BCUT2D eigenvalue weighted by Gasteiger charge is -2.14. The summed E-state index contributed by atoms with van der Waals surface area (Å²) in [6, 6.07) is 4.17. The van der Waals surface area contributed by atoms with Crippen LogP contribution in [-0.4, -0.2) is 36.7 Å². The quantitative estimate of drug-likeness (QED) is 0.248. The van der Waals surface area contributed by atoms with Crippen molar-refractivity contribution in [1.82, 2.24) is 0 Å². The first kappa shape index (κ1) is 22.4. The van der Waals surface area contributed by atoms with E-state index in [-0.39, 0.29) is 11.9 Å². The highest BCUT2D eigenvalue weighted by molar-refractivity contribution is 8.02. The number of carbonyl (C=O) groups is 2. The normalized spacial score (nSPS) is 10.3. The molecule has 6 heteroatoms. The minimum Gasteiger partial charge on any atom is -0.461 e. The smallest absolute Gasteiger partial charge is 0.333 e. The van der Waals surface area contributed by atoms with Gasteiger partial charge in [-0.15, -0.1) is 23.5 Å². The fraction of sp³-hybridized carbons (Fsp3) is 0.400. The molecule has 26 heavy (non-hydrogen) atoms. The van der Waals surface area contributed by atoms with Crippen LogP contribution < -0.4 is 0 Å². The number of ether oxygens (including phenoxy) is 2. The van der Waals surface area contributed by atoms with Crippen molar-refractivity contribution in [3.05, 3.63) is 47.6 Å². The van der Waals surface area contributed by atoms with Crippen LogP contribution in [0.3, 0.4) is 0 Å². The second kappa shape index (κ2) is 11.1. The van der Waals surface area contributed by atoms with Gasteiger partial charge in [0.2, 0.25) is 0 Å². The molecule has 1 aromatic carbocycles. The van der Waals surface area contributed by atoms with Gasteiger partial charge in [-0.2, -0.15) is 0 Å². The summed E-state index contributed by atoms with van der Waals surface area (Å²) in [5.74, 6) is 0.612. The van der Waals surface area contributed by atoms with Crippen molar-refractivity contribution in [2.45, 2.75) is 37.5 Å². The number of rotatable bonds is 10. The number of esters is 2. The minimum absolute atomic E-state index is 0.337. The van der Waals surface area contributed by atoms with Crippen molar-refractivity contribution < 1.29 is 19.1 Å². The molecule has 0 atom stereocenters. The molecule has 0 fully saturated rings. The molecular formula is C20H26O4S2. The first-order chi connectivity index (χ1) is 12.2. The van der Waals surface area contributed by atoms with E-state index >= 15 is 0 Å². The van der Waals surface area contributed by atoms with Crippen LogP contribution >= 0.6 is 23.5 Å². The monoisotopic (exact) mass is 394 g/mol. The van der Waals surface area contributed by atoms with Gasteiger partial charge in [0.05, 0.1) is 0 Å². The maximum absolute atomic E-state index is 11.4. The van der Waals surface area contributed by atoms with Crippen LogP contribution in [0, 0.1) is 13.8 Å². The average molecular weight is 395 g/mol. The van der Waals surface area contributed by atoms with Crippen LogP contribution in [0.4, 0.5) is 0 Å². The van der Waals surface area contributed by atoms with Gasteiger partial charge in [0.15, 0.2) is 0 Å². The van der Waals surface area contributed by atoms with Gasteiger partial charge in [-0.3, -0.25) is 0 Å². The lowest BCUT2D eigenvalue weighted by molar-refractivity contribution is -0.139. The highest BCUT2D eigenvalue weighted by atomic mass is 32.2. The summed E-state index contributed by atoms with van der Waals surface area (Å²) in [6.45, 7) is 15.2. The number of aryl methyl sites for hydroxylation is 1. The van der Waals surface area contributed by atoms with Gasteiger partial charge in [-0.05, 0) is 44.9 Å². The van der Waals surface area contributed by atoms with Crippen molar-refractivity contribution in [3.8, 4) is 0 Å². The van der Waals surface area contributed by atoms with E-state index in [0.717, 1.165) is 4.90 Å². The van der Waals surface area contributed by atoms with E-state index in [1.54, 1.807) is 37.4 Å². The van der Waals surface area contributed by atoms with Crippen LogP contribution in [0.15, 0.2) is 46.2 Å². The summed E-state index contributed by atoms with van der Waals surface area (Å²) >= 11 is 3.30. The van der Waals surface area contributed by atoms with E-state index < -0.39 is 0 Å². The molecule has 0 amide bonds. The summed E-state index contributed by atoms with van der Waals surface area (Å²) < 4.78 is 10.3.